The molecule has 1 saturated heterocycles. The molecule has 2 heterocycles. The van der Waals surface area contributed by atoms with E-state index in [0.29, 0.717) is 36.8 Å². The monoisotopic (exact) mass is 376 g/mol. The van der Waals surface area contributed by atoms with Crippen LogP contribution in [0, 0.1) is 0 Å². The van der Waals surface area contributed by atoms with Gasteiger partial charge in [-0.3, -0.25) is 23.9 Å². The molecule has 1 fully saturated rings. The van der Waals surface area contributed by atoms with E-state index in [-0.39, 0.29) is 18.4 Å². The lowest BCUT2D eigenvalue weighted by Gasteiger charge is -2.35. The van der Waals surface area contributed by atoms with Crippen molar-refractivity contribution in [2.45, 2.75) is 6.54 Å². The van der Waals surface area contributed by atoms with Crippen LogP contribution < -0.4 is 11.2 Å². The number of hydrogen-bond acceptors (Lipinski definition) is 4. The number of aromatic nitrogens is 2. The predicted molar refractivity (Wildman–Crippen MR) is 95.3 cm³/mol. The standard InChI is InChI=1S/C17H17ClN4O4/c18-13-3-1-2-12(10-13)16(25)21-8-6-20(7-9-21)15(24)11-22-5-4-14(23)19-17(22)26/h1-5,10H,6-9,11H2,(H,19,23,26). The molecule has 1 aromatic carbocycles. The summed E-state index contributed by atoms with van der Waals surface area (Å²) in [4.78, 5) is 52.9. The Morgan fingerprint density at radius 1 is 1.04 bits per heavy atom. The molecule has 1 aliphatic rings. The highest BCUT2D eigenvalue weighted by atomic mass is 35.5. The summed E-state index contributed by atoms with van der Waals surface area (Å²) in [6, 6.07) is 7.93. The van der Waals surface area contributed by atoms with E-state index in [0.717, 1.165) is 4.57 Å². The lowest BCUT2D eigenvalue weighted by molar-refractivity contribution is -0.133. The molecule has 3 rings (SSSR count). The first-order chi connectivity index (χ1) is 12.4. The van der Waals surface area contributed by atoms with Gasteiger partial charge in [0.1, 0.15) is 6.54 Å². The molecule has 8 nitrogen and oxygen atoms in total. The molecule has 9 heteroatoms. The van der Waals surface area contributed by atoms with Crippen LogP contribution in [-0.2, 0) is 11.3 Å². The van der Waals surface area contributed by atoms with Gasteiger partial charge in [-0.2, -0.15) is 0 Å². The number of piperazine rings is 1. The second-order valence-corrected chi connectivity index (χ2v) is 6.36. The number of amides is 2. The number of nitrogens with zero attached hydrogens (tertiary/aromatic N) is 3. The van der Waals surface area contributed by atoms with Crippen molar-refractivity contribution in [3.8, 4) is 0 Å². The number of carbonyl (C=O) groups excluding carboxylic acids is 2. The molecule has 136 valence electrons. The number of hydrogen-bond donors (Lipinski definition) is 1. The molecular weight excluding hydrogens is 360 g/mol. The van der Waals surface area contributed by atoms with Crippen molar-refractivity contribution in [1.29, 1.82) is 0 Å². The van der Waals surface area contributed by atoms with E-state index in [1.54, 1.807) is 34.1 Å². The van der Waals surface area contributed by atoms with E-state index in [4.69, 9.17) is 11.6 Å². The quantitative estimate of drug-likeness (QED) is 0.826. The summed E-state index contributed by atoms with van der Waals surface area (Å²) in [5.74, 6) is -0.370. The Morgan fingerprint density at radius 2 is 1.73 bits per heavy atom. The number of nitrogens with one attached hydrogen (secondary N) is 1. The molecule has 0 saturated carbocycles. The van der Waals surface area contributed by atoms with E-state index in [1.807, 2.05) is 0 Å². The first-order valence-corrected chi connectivity index (χ1v) is 8.44. The Balaban J connectivity index is 1.59. The number of H-pyrrole nitrogens is 1. The zero-order valence-corrected chi connectivity index (χ0v) is 14.6. The van der Waals surface area contributed by atoms with E-state index in [2.05, 4.69) is 4.98 Å². The summed E-state index contributed by atoms with van der Waals surface area (Å²) in [6.45, 7) is 1.40. The summed E-state index contributed by atoms with van der Waals surface area (Å²) >= 11 is 5.92. The van der Waals surface area contributed by atoms with Gasteiger partial charge in [0.25, 0.3) is 11.5 Å². The topological polar surface area (TPSA) is 95.5 Å². The van der Waals surface area contributed by atoms with Crippen molar-refractivity contribution >= 4 is 23.4 Å². The van der Waals surface area contributed by atoms with Gasteiger partial charge in [0.15, 0.2) is 0 Å². The average molecular weight is 377 g/mol. The van der Waals surface area contributed by atoms with Crippen LogP contribution in [0.15, 0.2) is 46.1 Å². The van der Waals surface area contributed by atoms with Crippen LogP contribution in [0.25, 0.3) is 0 Å². The molecule has 0 radical (unpaired) electrons. The van der Waals surface area contributed by atoms with Crippen LogP contribution in [-0.4, -0.2) is 57.3 Å². The second kappa shape index (κ2) is 7.57. The van der Waals surface area contributed by atoms with Crippen molar-refractivity contribution in [2.24, 2.45) is 0 Å². The number of benzene rings is 1. The van der Waals surface area contributed by atoms with Crippen molar-refractivity contribution in [1.82, 2.24) is 19.4 Å². The first-order valence-electron chi connectivity index (χ1n) is 8.06. The molecule has 1 N–H and O–H groups in total. The van der Waals surface area contributed by atoms with Crippen LogP contribution in [0.3, 0.4) is 0 Å². The molecule has 0 atom stereocenters. The zero-order chi connectivity index (χ0) is 18.7. The third-order valence-electron chi connectivity index (χ3n) is 4.19. The normalized spacial score (nSPS) is 14.3. The molecule has 26 heavy (non-hydrogen) atoms. The van der Waals surface area contributed by atoms with Crippen molar-refractivity contribution in [3.05, 3.63) is 68.0 Å². The van der Waals surface area contributed by atoms with Crippen molar-refractivity contribution < 1.29 is 9.59 Å². The van der Waals surface area contributed by atoms with E-state index < -0.39 is 11.2 Å². The van der Waals surface area contributed by atoms with Gasteiger partial charge in [-0.25, -0.2) is 4.79 Å². The third kappa shape index (κ3) is 4.02. The molecule has 2 amide bonds. The van der Waals surface area contributed by atoms with Gasteiger partial charge in [0.2, 0.25) is 5.91 Å². The third-order valence-corrected chi connectivity index (χ3v) is 4.43. The molecule has 0 bridgehead atoms. The number of carbonyl (C=O) groups is 2. The summed E-state index contributed by atoms with van der Waals surface area (Å²) in [5, 5.41) is 0.496. The van der Waals surface area contributed by atoms with Gasteiger partial charge >= 0.3 is 5.69 Å². The Bertz CT molecular complexity index is 944. The fraction of sp³-hybridized carbons (Fsp3) is 0.294. The summed E-state index contributed by atoms with van der Waals surface area (Å²) < 4.78 is 1.15. The maximum Gasteiger partial charge on any atom is 0.328 e. The number of rotatable bonds is 3. The Morgan fingerprint density at radius 3 is 2.38 bits per heavy atom. The molecule has 1 aliphatic heterocycles. The van der Waals surface area contributed by atoms with Crippen LogP contribution >= 0.6 is 11.6 Å². The lowest BCUT2D eigenvalue weighted by atomic mass is 10.2. The predicted octanol–water partition coefficient (Wildman–Crippen LogP) is 0.175. The van der Waals surface area contributed by atoms with Crippen LogP contribution in [0.4, 0.5) is 0 Å². The fourth-order valence-corrected chi connectivity index (χ4v) is 2.97. The van der Waals surface area contributed by atoms with Crippen LogP contribution in [0.5, 0.6) is 0 Å². The maximum absolute atomic E-state index is 12.5. The highest BCUT2D eigenvalue weighted by Gasteiger charge is 2.25. The minimum absolute atomic E-state index is 0.128. The summed E-state index contributed by atoms with van der Waals surface area (Å²) in [7, 11) is 0. The van der Waals surface area contributed by atoms with Gasteiger partial charge in [-0.1, -0.05) is 17.7 Å². The smallest absolute Gasteiger partial charge is 0.328 e. The van der Waals surface area contributed by atoms with Gasteiger partial charge in [0.05, 0.1) is 0 Å². The Hall–Kier alpha value is -2.87. The Labute approximate surface area is 153 Å². The molecule has 2 aromatic rings. The van der Waals surface area contributed by atoms with Gasteiger partial charge in [-0.05, 0) is 18.2 Å². The molecule has 0 unspecified atom stereocenters. The average Bonchev–Trinajstić information content (AvgIpc) is 2.63. The highest BCUT2D eigenvalue weighted by molar-refractivity contribution is 6.30. The number of halogens is 1. The van der Waals surface area contributed by atoms with Crippen LogP contribution in [0.1, 0.15) is 10.4 Å². The van der Waals surface area contributed by atoms with E-state index >= 15 is 0 Å². The molecule has 1 aromatic heterocycles. The highest BCUT2D eigenvalue weighted by Crippen LogP contribution is 2.14. The SMILES string of the molecule is O=C(Cn1ccc(=O)[nH]c1=O)N1CCN(C(=O)c2cccc(Cl)c2)CC1. The van der Waals surface area contributed by atoms with Crippen molar-refractivity contribution in [2.75, 3.05) is 26.2 Å². The van der Waals surface area contributed by atoms with E-state index in [9.17, 15) is 19.2 Å². The molecule has 0 spiro atoms. The van der Waals surface area contributed by atoms with Gasteiger partial charge in [-0.15, -0.1) is 0 Å². The maximum atomic E-state index is 12.5. The largest absolute Gasteiger partial charge is 0.338 e. The van der Waals surface area contributed by atoms with Gasteiger partial charge in [0, 0.05) is 49.0 Å². The minimum Gasteiger partial charge on any atom is -0.338 e. The fourth-order valence-electron chi connectivity index (χ4n) is 2.78. The molecular formula is C17H17ClN4O4. The summed E-state index contributed by atoms with van der Waals surface area (Å²) in [6.07, 6.45) is 1.29. The zero-order valence-electron chi connectivity index (χ0n) is 13.9. The minimum atomic E-state index is -0.624. The Kier molecular flexibility index (Phi) is 5.22. The van der Waals surface area contributed by atoms with Crippen LogP contribution in [0.2, 0.25) is 5.02 Å². The lowest BCUT2D eigenvalue weighted by Crippen LogP contribution is -2.51. The molecule has 0 aliphatic carbocycles. The summed E-state index contributed by atoms with van der Waals surface area (Å²) in [5.41, 5.74) is -0.621. The second-order valence-electron chi connectivity index (χ2n) is 5.92. The van der Waals surface area contributed by atoms with Gasteiger partial charge < -0.3 is 9.80 Å². The number of aromatic amines is 1. The van der Waals surface area contributed by atoms with Crippen molar-refractivity contribution in [3.63, 3.8) is 0 Å². The van der Waals surface area contributed by atoms with E-state index in [1.165, 1.54) is 12.3 Å². The first kappa shape index (κ1) is 17.9.